The summed E-state index contributed by atoms with van der Waals surface area (Å²) >= 11 is 0. The zero-order valence-electron chi connectivity index (χ0n) is 14.9. The van der Waals surface area contributed by atoms with Crippen molar-refractivity contribution in [3.63, 3.8) is 0 Å². The number of fused-ring (bicyclic) bond motifs is 1. The molecule has 0 unspecified atom stereocenters. The highest BCUT2D eigenvalue weighted by Gasteiger charge is 2.22. The number of hydrogen-bond acceptors (Lipinski definition) is 5. The lowest BCUT2D eigenvalue weighted by atomic mass is 10.0. The van der Waals surface area contributed by atoms with Crippen LogP contribution < -0.4 is 10.3 Å². The van der Waals surface area contributed by atoms with Gasteiger partial charge in [0, 0.05) is 48.7 Å². The third kappa shape index (κ3) is 3.91. The van der Waals surface area contributed by atoms with E-state index in [2.05, 4.69) is 24.6 Å². The highest BCUT2D eigenvalue weighted by molar-refractivity contribution is 5.53. The van der Waals surface area contributed by atoms with Gasteiger partial charge in [-0.1, -0.05) is 18.2 Å². The molecule has 3 heterocycles. The number of H-pyrrole nitrogens is 1. The molecule has 3 aromatic rings. The summed E-state index contributed by atoms with van der Waals surface area (Å²) < 4.78 is 29.9. The van der Waals surface area contributed by atoms with Gasteiger partial charge in [0.05, 0.1) is 5.69 Å². The first-order valence-electron chi connectivity index (χ1n) is 8.87. The molecule has 1 aliphatic heterocycles. The Morgan fingerprint density at radius 3 is 2.86 bits per heavy atom. The smallest absolute Gasteiger partial charge is 0.387 e. The van der Waals surface area contributed by atoms with Crippen molar-refractivity contribution in [1.82, 2.24) is 19.9 Å². The van der Waals surface area contributed by atoms with Crippen molar-refractivity contribution in [2.75, 3.05) is 6.54 Å². The van der Waals surface area contributed by atoms with E-state index in [1.807, 2.05) is 6.07 Å². The summed E-state index contributed by atoms with van der Waals surface area (Å²) in [5, 5.41) is 0. The topological polar surface area (TPSA) is 71.1 Å². The third-order valence-electron chi connectivity index (χ3n) is 4.67. The highest BCUT2D eigenvalue weighted by Crippen LogP contribution is 2.25. The van der Waals surface area contributed by atoms with Crippen LogP contribution in [0.1, 0.15) is 16.8 Å². The van der Waals surface area contributed by atoms with Crippen LogP contribution >= 0.6 is 0 Å². The molecular weight excluding hydrogens is 366 g/mol. The Morgan fingerprint density at radius 1 is 1.21 bits per heavy atom. The van der Waals surface area contributed by atoms with E-state index in [1.54, 1.807) is 36.7 Å². The Kier molecular flexibility index (Phi) is 5.12. The summed E-state index contributed by atoms with van der Waals surface area (Å²) in [4.78, 5) is 26.0. The van der Waals surface area contributed by atoms with Crippen LogP contribution in [0.15, 0.2) is 53.6 Å². The maximum atomic E-state index is 12.6. The monoisotopic (exact) mass is 384 g/mol. The van der Waals surface area contributed by atoms with Crippen LogP contribution in [0.25, 0.3) is 11.4 Å². The van der Waals surface area contributed by atoms with E-state index in [9.17, 15) is 13.6 Å². The molecule has 4 rings (SSSR count). The average molecular weight is 384 g/mol. The molecule has 1 aromatic carbocycles. The van der Waals surface area contributed by atoms with Gasteiger partial charge in [0.25, 0.3) is 5.56 Å². The molecule has 144 valence electrons. The molecular formula is C20H18F2N4O2. The summed E-state index contributed by atoms with van der Waals surface area (Å²) in [6, 6.07) is 10.3. The predicted octanol–water partition coefficient (Wildman–Crippen LogP) is 2.99. The Morgan fingerprint density at radius 2 is 2.07 bits per heavy atom. The van der Waals surface area contributed by atoms with Crippen LogP contribution in [0.3, 0.4) is 0 Å². The highest BCUT2D eigenvalue weighted by atomic mass is 19.3. The van der Waals surface area contributed by atoms with Crippen LogP contribution in [0, 0.1) is 0 Å². The van der Waals surface area contributed by atoms with E-state index >= 15 is 0 Å². The fourth-order valence-corrected chi connectivity index (χ4v) is 3.35. The fraction of sp³-hybridized carbons (Fsp3) is 0.250. The molecule has 0 amide bonds. The first kappa shape index (κ1) is 18.2. The Labute approximate surface area is 159 Å². The number of alkyl halides is 2. The van der Waals surface area contributed by atoms with Gasteiger partial charge in [0.15, 0.2) is 0 Å². The molecule has 1 N–H and O–H groups in total. The molecule has 8 heteroatoms. The minimum absolute atomic E-state index is 0.148. The zero-order chi connectivity index (χ0) is 19.5. The number of aromatic amines is 1. The lowest BCUT2D eigenvalue weighted by Crippen LogP contribution is -2.35. The minimum atomic E-state index is -2.87. The zero-order valence-corrected chi connectivity index (χ0v) is 14.9. The molecule has 1 aliphatic rings. The maximum Gasteiger partial charge on any atom is 0.387 e. The molecule has 2 aromatic heterocycles. The second-order valence-corrected chi connectivity index (χ2v) is 6.53. The Hall–Kier alpha value is -3.13. The van der Waals surface area contributed by atoms with Gasteiger partial charge >= 0.3 is 6.61 Å². The molecule has 0 aliphatic carbocycles. The lowest BCUT2D eigenvalue weighted by molar-refractivity contribution is -0.0508. The first-order valence-corrected chi connectivity index (χ1v) is 8.87. The summed E-state index contributed by atoms with van der Waals surface area (Å²) in [5.41, 5.74) is 2.62. The van der Waals surface area contributed by atoms with Gasteiger partial charge in [-0.05, 0) is 24.6 Å². The van der Waals surface area contributed by atoms with Gasteiger partial charge in [-0.25, -0.2) is 4.98 Å². The summed E-state index contributed by atoms with van der Waals surface area (Å²) in [5.74, 6) is 0.637. The van der Waals surface area contributed by atoms with E-state index in [0.29, 0.717) is 48.7 Å². The van der Waals surface area contributed by atoms with E-state index in [0.717, 1.165) is 5.56 Å². The standard InChI is InChI=1S/C20H18F2N4O2/c21-20(22)28-17-6-2-1-4-14(17)11-26-9-7-15-16(12-26)24-18(25-19(15)27)13-5-3-8-23-10-13/h1-6,8,10,20H,7,9,11-12H2,(H,24,25,27). The molecule has 0 bridgehead atoms. The van der Waals surface area contributed by atoms with Gasteiger partial charge in [-0.2, -0.15) is 8.78 Å². The van der Waals surface area contributed by atoms with Gasteiger partial charge in [-0.15, -0.1) is 0 Å². The third-order valence-corrected chi connectivity index (χ3v) is 4.67. The van der Waals surface area contributed by atoms with Crippen molar-refractivity contribution in [3.8, 4) is 17.1 Å². The second kappa shape index (κ2) is 7.85. The number of nitrogens with zero attached hydrogens (tertiary/aromatic N) is 3. The molecule has 0 saturated heterocycles. The summed E-state index contributed by atoms with van der Waals surface area (Å²) in [6.07, 6.45) is 3.84. The van der Waals surface area contributed by atoms with Gasteiger partial charge in [0.2, 0.25) is 0 Å². The number of hydrogen-bond donors (Lipinski definition) is 1. The van der Waals surface area contributed by atoms with Crippen molar-refractivity contribution < 1.29 is 13.5 Å². The van der Waals surface area contributed by atoms with E-state index in [1.165, 1.54) is 6.07 Å². The predicted molar refractivity (Wildman–Crippen MR) is 99.0 cm³/mol. The largest absolute Gasteiger partial charge is 0.434 e. The van der Waals surface area contributed by atoms with Gasteiger partial charge in [0.1, 0.15) is 11.6 Å². The van der Waals surface area contributed by atoms with Crippen LogP contribution in [-0.2, 0) is 19.5 Å². The lowest BCUT2D eigenvalue weighted by Gasteiger charge is -2.28. The number of halogens is 2. The molecule has 0 radical (unpaired) electrons. The SMILES string of the molecule is O=c1[nH]c(-c2cccnc2)nc2c1CCN(Cc1ccccc1OC(F)F)C2. The van der Waals surface area contributed by atoms with Crippen LogP contribution in [0.5, 0.6) is 5.75 Å². The number of pyridine rings is 1. The molecule has 0 fully saturated rings. The quantitative estimate of drug-likeness (QED) is 0.732. The van der Waals surface area contributed by atoms with Crippen molar-refractivity contribution in [2.45, 2.75) is 26.1 Å². The molecule has 0 atom stereocenters. The van der Waals surface area contributed by atoms with Crippen molar-refractivity contribution in [2.24, 2.45) is 0 Å². The molecule has 0 spiro atoms. The van der Waals surface area contributed by atoms with Gasteiger partial charge < -0.3 is 9.72 Å². The van der Waals surface area contributed by atoms with Crippen molar-refractivity contribution in [1.29, 1.82) is 0 Å². The first-order chi connectivity index (χ1) is 13.6. The average Bonchev–Trinajstić information content (AvgIpc) is 2.69. The number of para-hydroxylation sites is 1. The number of rotatable bonds is 5. The fourth-order valence-electron chi connectivity index (χ4n) is 3.35. The number of aromatic nitrogens is 3. The number of ether oxygens (including phenoxy) is 1. The number of benzene rings is 1. The molecule has 6 nitrogen and oxygen atoms in total. The number of nitrogens with one attached hydrogen (secondary N) is 1. The summed E-state index contributed by atoms with van der Waals surface area (Å²) in [6.45, 7) is -1.35. The summed E-state index contributed by atoms with van der Waals surface area (Å²) in [7, 11) is 0. The maximum absolute atomic E-state index is 12.6. The van der Waals surface area contributed by atoms with Crippen molar-refractivity contribution >= 4 is 0 Å². The second-order valence-electron chi connectivity index (χ2n) is 6.53. The molecule has 28 heavy (non-hydrogen) atoms. The minimum Gasteiger partial charge on any atom is -0.434 e. The Bertz CT molecular complexity index is 1020. The molecule has 0 saturated carbocycles. The van der Waals surface area contributed by atoms with Crippen LogP contribution in [0.4, 0.5) is 8.78 Å². The van der Waals surface area contributed by atoms with E-state index in [-0.39, 0.29) is 11.3 Å². The normalized spacial score (nSPS) is 14.1. The van der Waals surface area contributed by atoms with Crippen LogP contribution in [0.2, 0.25) is 0 Å². The van der Waals surface area contributed by atoms with E-state index < -0.39 is 6.61 Å². The van der Waals surface area contributed by atoms with Crippen LogP contribution in [-0.4, -0.2) is 33.0 Å². The van der Waals surface area contributed by atoms with E-state index in [4.69, 9.17) is 0 Å². The van der Waals surface area contributed by atoms with Gasteiger partial charge in [-0.3, -0.25) is 14.7 Å². The Balaban J connectivity index is 1.58. The van der Waals surface area contributed by atoms with Crippen molar-refractivity contribution in [3.05, 3.63) is 76.0 Å².